The van der Waals surface area contributed by atoms with E-state index in [0.29, 0.717) is 11.1 Å². The molecule has 1 saturated carbocycles. The number of nitrogens with two attached hydrogens (primary N) is 1. The summed E-state index contributed by atoms with van der Waals surface area (Å²) in [4.78, 5) is 71.4. The summed E-state index contributed by atoms with van der Waals surface area (Å²) < 4.78 is 90.2. The van der Waals surface area contributed by atoms with Crippen molar-refractivity contribution in [1.82, 2.24) is 10.6 Å². The molecular formula is C35H39F6N5O7. The van der Waals surface area contributed by atoms with E-state index in [2.05, 4.69) is 15.6 Å². The molecule has 0 radical (unpaired) electrons. The Kier molecular flexibility index (Phi) is 12.1. The molecule has 1 aliphatic heterocycles. The third-order valence-electron chi connectivity index (χ3n) is 8.41. The Hall–Kier alpha value is -5.16. The zero-order valence-electron chi connectivity index (χ0n) is 29.0. The number of hydrogen-bond donors (Lipinski definition) is 3. The van der Waals surface area contributed by atoms with Gasteiger partial charge in [0, 0.05) is 35.8 Å². The smallest absolute Gasteiger partial charge is 0.408 e. The average Bonchev–Trinajstić information content (AvgIpc) is 3.84. The molecule has 0 bridgehead atoms. The van der Waals surface area contributed by atoms with E-state index in [0.717, 1.165) is 4.90 Å². The van der Waals surface area contributed by atoms with E-state index in [4.69, 9.17) is 15.2 Å². The number of halogens is 6. The molecule has 1 aliphatic carbocycles. The number of benzodiazepines with no additional fused rings is 1. The van der Waals surface area contributed by atoms with Crippen molar-refractivity contribution in [1.29, 1.82) is 0 Å². The molecule has 0 saturated heterocycles. The molecule has 288 valence electrons. The number of amides is 4. The number of benzene rings is 2. The van der Waals surface area contributed by atoms with E-state index in [9.17, 15) is 50.3 Å². The Morgan fingerprint density at radius 2 is 1.47 bits per heavy atom. The molecule has 18 heteroatoms. The van der Waals surface area contributed by atoms with Crippen molar-refractivity contribution in [3.63, 3.8) is 0 Å². The van der Waals surface area contributed by atoms with Crippen LogP contribution >= 0.6 is 0 Å². The first-order chi connectivity index (χ1) is 24.6. The molecule has 4 N–H and O–H groups in total. The summed E-state index contributed by atoms with van der Waals surface area (Å²) in [5, 5.41) is 4.72. The van der Waals surface area contributed by atoms with E-state index >= 15 is 0 Å². The highest BCUT2D eigenvalue weighted by Crippen LogP contribution is 2.38. The van der Waals surface area contributed by atoms with Gasteiger partial charge in [-0.15, -0.1) is 0 Å². The normalized spacial score (nSPS) is 18.1. The van der Waals surface area contributed by atoms with Crippen molar-refractivity contribution < 1.29 is 59.8 Å². The Labute approximate surface area is 300 Å². The third kappa shape index (κ3) is 11.2. The number of fused-ring (bicyclic) bond motifs is 1. The maximum atomic E-state index is 14.2. The molecule has 4 amide bonds. The van der Waals surface area contributed by atoms with Gasteiger partial charge in [0.2, 0.25) is 18.0 Å². The number of nitrogens with one attached hydrogen (secondary N) is 2. The number of nitrogens with zero attached hydrogens (tertiary/aromatic N) is 2. The fourth-order valence-electron chi connectivity index (χ4n) is 5.68. The molecule has 1 unspecified atom stereocenters. The standard InChI is InChI=1S/C35H39F6N5O7/c1-32(2,3)53-31(51)45-33(17-18-33)30(50)52-19-46-24-12-8-7-11-23(24)25(20-9-5-4-6-10-20)43-27(29(46)49)44-28(48)22(14-16-35(39,40)41)21(26(42)47)13-15-34(36,37)38/h4-12,21-22,27H,13-19H2,1-3H3,(H2,42,47)(H,44,48)(H,45,51)/t21-,22+,27?/m0/s1. The minimum absolute atomic E-state index is 0.120. The summed E-state index contributed by atoms with van der Waals surface area (Å²) >= 11 is 0. The second-order valence-electron chi connectivity index (χ2n) is 13.7. The second-order valence-corrected chi connectivity index (χ2v) is 13.7. The van der Waals surface area contributed by atoms with Crippen molar-refractivity contribution in [2.24, 2.45) is 22.6 Å². The Morgan fingerprint density at radius 1 is 0.906 bits per heavy atom. The van der Waals surface area contributed by atoms with Gasteiger partial charge in [0.1, 0.15) is 11.1 Å². The van der Waals surface area contributed by atoms with Gasteiger partial charge in [-0.3, -0.25) is 19.3 Å². The zero-order valence-corrected chi connectivity index (χ0v) is 29.0. The van der Waals surface area contributed by atoms with Gasteiger partial charge < -0.3 is 25.8 Å². The number of anilines is 1. The van der Waals surface area contributed by atoms with E-state index in [1.807, 2.05) is 0 Å². The summed E-state index contributed by atoms with van der Waals surface area (Å²) in [6, 6.07) is 14.5. The van der Waals surface area contributed by atoms with Crippen LogP contribution in [0.25, 0.3) is 0 Å². The van der Waals surface area contributed by atoms with E-state index in [1.54, 1.807) is 69.3 Å². The lowest BCUT2D eigenvalue weighted by Gasteiger charge is -2.28. The van der Waals surface area contributed by atoms with Crippen LogP contribution in [-0.4, -0.2) is 71.9 Å². The van der Waals surface area contributed by atoms with Crippen LogP contribution in [0, 0.1) is 11.8 Å². The summed E-state index contributed by atoms with van der Waals surface area (Å²) in [7, 11) is 0. The van der Waals surface area contributed by atoms with Gasteiger partial charge >= 0.3 is 24.4 Å². The van der Waals surface area contributed by atoms with E-state index < -0.39 is 104 Å². The van der Waals surface area contributed by atoms with Gasteiger partial charge in [-0.1, -0.05) is 48.5 Å². The molecule has 2 aliphatic rings. The Bertz CT molecular complexity index is 1720. The van der Waals surface area contributed by atoms with Crippen LogP contribution < -0.4 is 21.3 Å². The predicted octanol–water partition coefficient (Wildman–Crippen LogP) is 5.27. The average molecular weight is 756 g/mol. The molecule has 12 nitrogen and oxygen atoms in total. The van der Waals surface area contributed by atoms with Crippen molar-refractivity contribution in [3.8, 4) is 0 Å². The van der Waals surface area contributed by atoms with Gasteiger partial charge in [-0.05, 0) is 52.5 Å². The first-order valence-corrected chi connectivity index (χ1v) is 16.5. The molecule has 2 aromatic carbocycles. The fourth-order valence-corrected chi connectivity index (χ4v) is 5.68. The summed E-state index contributed by atoms with van der Waals surface area (Å²) in [5.41, 5.74) is 4.01. The van der Waals surface area contributed by atoms with E-state index in [1.165, 1.54) is 6.07 Å². The van der Waals surface area contributed by atoms with E-state index in [-0.39, 0.29) is 24.2 Å². The number of carbonyl (C=O) groups excluding carboxylic acids is 5. The molecule has 3 atom stereocenters. The highest BCUT2D eigenvalue weighted by atomic mass is 19.4. The molecule has 1 heterocycles. The van der Waals surface area contributed by atoms with Crippen LogP contribution in [0.3, 0.4) is 0 Å². The Balaban J connectivity index is 1.70. The first kappa shape index (κ1) is 40.6. The van der Waals surface area contributed by atoms with Gasteiger partial charge in [0.05, 0.1) is 11.4 Å². The summed E-state index contributed by atoms with van der Waals surface area (Å²) in [5.74, 6) is -8.80. The maximum absolute atomic E-state index is 14.2. The molecule has 2 aromatic rings. The number of hydrogen-bond acceptors (Lipinski definition) is 8. The topological polar surface area (TPSA) is 169 Å². The third-order valence-corrected chi connectivity index (χ3v) is 8.41. The number of primary amides is 1. The van der Waals surface area contributed by atoms with Crippen molar-refractivity contribution in [3.05, 3.63) is 65.7 Å². The number of esters is 1. The number of ether oxygens (including phenoxy) is 2. The highest BCUT2D eigenvalue weighted by Gasteiger charge is 2.54. The number of rotatable bonds is 13. The molecule has 53 heavy (non-hydrogen) atoms. The summed E-state index contributed by atoms with van der Waals surface area (Å²) in [6.45, 7) is 4.10. The molecule has 1 fully saturated rings. The molecule has 4 rings (SSSR count). The largest absolute Gasteiger partial charge is 0.444 e. The first-order valence-electron chi connectivity index (χ1n) is 16.5. The number of aliphatic imine (C=N–C) groups is 1. The highest BCUT2D eigenvalue weighted by molar-refractivity contribution is 6.20. The maximum Gasteiger partial charge on any atom is 0.408 e. The van der Waals surface area contributed by atoms with Gasteiger partial charge in [-0.25, -0.2) is 14.6 Å². The van der Waals surface area contributed by atoms with Gasteiger partial charge in [0.15, 0.2) is 6.73 Å². The summed E-state index contributed by atoms with van der Waals surface area (Å²) in [6.07, 6.45) is -17.6. The van der Waals surface area contributed by atoms with Crippen LogP contribution in [0.4, 0.5) is 36.8 Å². The van der Waals surface area contributed by atoms with Gasteiger partial charge in [0.25, 0.3) is 5.91 Å². The minimum Gasteiger partial charge on any atom is -0.444 e. The minimum atomic E-state index is -4.86. The van der Waals surface area contributed by atoms with Crippen LogP contribution in [0.15, 0.2) is 59.6 Å². The number of carbonyl (C=O) groups is 5. The van der Waals surface area contributed by atoms with Gasteiger partial charge in [-0.2, -0.15) is 26.3 Å². The predicted molar refractivity (Wildman–Crippen MR) is 177 cm³/mol. The van der Waals surface area contributed by atoms with Crippen LogP contribution in [-0.2, 0) is 28.7 Å². The number of alkyl carbamates (subject to hydrolysis) is 1. The lowest BCUT2D eigenvalue weighted by molar-refractivity contribution is -0.152. The SMILES string of the molecule is CC(C)(C)OC(=O)NC1(C(=O)OCN2C(=O)C(NC(=O)[C@H](CCC(F)(F)F)[C@H](CCC(F)(F)F)C(N)=O)N=C(c3ccccc3)c3ccccc32)CC1. The van der Waals surface area contributed by atoms with Crippen LogP contribution in [0.5, 0.6) is 0 Å². The number of para-hydroxylation sites is 1. The van der Waals surface area contributed by atoms with Crippen molar-refractivity contribution in [2.45, 2.75) is 89.0 Å². The Morgan fingerprint density at radius 3 is 2.02 bits per heavy atom. The zero-order chi connectivity index (χ0) is 39.4. The lowest BCUT2D eigenvalue weighted by atomic mass is 9.83. The number of alkyl halides is 6. The fraction of sp³-hybridized carbons (Fsp3) is 0.486. The molecule has 0 aromatic heterocycles. The van der Waals surface area contributed by atoms with Crippen LogP contribution in [0.2, 0.25) is 0 Å². The van der Waals surface area contributed by atoms with Crippen LogP contribution in [0.1, 0.15) is 70.4 Å². The van der Waals surface area contributed by atoms with Crippen molar-refractivity contribution in [2.75, 3.05) is 11.6 Å². The second kappa shape index (κ2) is 15.8. The molecule has 0 spiro atoms. The quantitative estimate of drug-likeness (QED) is 0.185. The lowest BCUT2D eigenvalue weighted by Crippen LogP contribution is -2.52. The monoisotopic (exact) mass is 755 g/mol. The molecular weight excluding hydrogens is 716 g/mol. The van der Waals surface area contributed by atoms with Crippen molar-refractivity contribution >= 4 is 41.2 Å².